The largest absolute Gasteiger partial charge is 0.493 e. The Morgan fingerprint density at radius 2 is 2.06 bits per heavy atom. The molecule has 0 radical (unpaired) electrons. The number of fused-ring (bicyclic) bond motifs is 1. The zero-order chi connectivity index (χ0) is 12.4. The summed E-state index contributed by atoms with van der Waals surface area (Å²) in [6.07, 6.45) is 6.30. The van der Waals surface area contributed by atoms with E-state index in [1.807, 2.05) is 12.1 Å². The molecule has 1 N–H and O–H groups in total. The second-order valence-electron chi connectivity index (χ2n) is 5.01. The number of nitrogens with one attached hydrogen (secondary N) is 1. The SMILES string of the molecule is Brc1ccc2c(c1)C(NOC1CCCC1)CCO2. The van der Waals surface area contributed by atoms with E-state index >= 15 is 0 Å². The molecule has 1 aromatic carbocycles. The maximum Gasteiger partial charge on any atom is 0.124 e. The third-order valence-electron chi connectivity index (χ3n) is 3.69. The van der Waals surface area contributed by atoms with Crippen molar-refractivity contribution >= 4 is 15.9 Å². The molecule has 4 heteroatoms. The molecule has 1 aliphatic carbocycles. The van der Waals surface area contributed by atoms with Gasteiger partial charge < -0.3 is 4.74 Å². The zero-order valence-corrected chi connectivity index (χ0v) is 11.9. The molecular weight excluding hydrogens is 294 g/mol. The van der Waals surface area contributed by atoms with Crippen molar-refractivity contribution in [1.29, 1.82) is 0 Å². The number of halogens is 1. The highest BCUT2D eigenvalue weighted by Crippen LogP contribution is 2.34. The average molecular weight is 312 g/mol. The van der Waals surface area contributed by atoms with Crippen molar-refractivity contribution in [1.82, 2.24) is 5.48 Å². The van der Waals surface area contributed by atoms with Crippen LogP contribution in [0.25, 0.3) is 0 Å². The first kappa shape index (κ1) is 12.5. The van der Waals surface area contributed by atoms with Gasteiger partial charge >= 0.3 is 0 Å². The van der Waals surface area contributed by atoms with Gasteiger partial charge in [-0.25, -0.2) is 0 Å². The summed E-state index contributed by atoms with van der Waals surface area (Å²) >= 11 is 3.51. The van der Waals surface area contributed by atoms with Gasteiger partial charge in [0, 0.05) is 16.5 Å². The molecule has 0 amide bonds. The molecule has 0 saturated heterocycles. The van der Waals surface area contributed by atoms with Crippen LogP contribution < -0.4 is 10.2 Å². The molecule has 0 bridgehead atoms. The van der Waals surface area contributed by atoms with E-state index in [-0.39, 0.29) is 6.04 Å². The Morgan fingerprint density at radius 3 is 2.89 bits per heavy atom. The Labute approximate surface area is 116 Å². The van der Waals surface area contributed by atoms with Gasteiger partial charge in [-0.3, -0.25) is 4.84 Å². The van der Waals surface area contributed by atoms with Gasteiger partial charge in [-0.05, 0) is 31.0 Å². The average Bonchev–Trinajstić information content (AvgIpc) is 2.89. The van der Waals surface area contributed by atoms with Crippen molar-refractivity contribution in [2.75, 3.05) is 6.61 Å². The summed E-state index contributed by atoms with van der Waals surface area (Å²) < 4.78 is 6.75. The molecule has 1 saturated carbocycles. The van der Waals surface area contributed by atoms with Crippen LogP contribution in [0.3, 0.4) is 0 Å². The van der Waals surface area contributed by atoms with E-state index < -0.39 is 0 Å². The molecule has 3 nitrogen and oxygen atoms in total. The summed E-state index contributed by atoms with van der Waals surface area (Å²) in [7, 11) is 0. The highest BCUT2D eigenvalue weighted by atomic mass is 79.9. The summed E-state index contributed by atoms with van der Waals surface area (Å²) in [6.45, 7) is 0.750. The van der Waals surface area contributed by atoms with Gasteiger partial charge in [-0.2, -0.15) is 5.48 Å². The Hall–Kier alpha value is -0.580. The quantitative estimate of drug-likeness (QED) is 0.863. The predicted octanol–water partition coefficient (Wildman–Crippen LogP) is 3.74. The van der Waals surface area contributed by atoms with Crippen LogP contribution in [0.2, 0.25) is 0 Å². The van der Waals surface area contributed by atoms with E-state index in [0.717, 1.165) is 23.2 Å². The lowest BCUT2D eigenvalue weighted by atomic mass is 10.0. The molecule has 3 rings (SSSR count). The fraction of sp³-hybridized carbons (Fsp3) is 0.571. The second-order valence-corrected chi connectivity index (χ2v) is 5.93. The van der Waals surface area contributed by atoms with Crippen molar-refractivity contribution < 1.29 is 9.57 Å². The van der Waals surface area contributed by atoms with Crippen LogP contribution in [0, 0.1) is 0 Å². The lowest BCUT2D eigenvalue weighted by Crippen LogP contribution is -2.30. The molecule has 1 fully saturated rings. The van der Waals surface area contributed by atoms with Gasteiger partial charge in [0.25, 0.3) is 0 Å². The van der Waals surface area contributed by atoms with Gasteiger partial charge in [-0.15, -0.1) is 0 Å². The number of benzene rings is 1. The number of hydrogen-bond acceptors (Lipinski definition) is 3. The molecule has 0 aromatic heterocycles. The molecule has 1 heterocycles. The number of rotatable bonds is 3. The molecule has 2 aliphatic rings. The fourth-order valence-corrected chi connectivity index (χ4v) is 3.05. The number of hydroxylamine groups is 1. The second kappa shape index (κ2) is 5.59. The van der Waals surface area contributed by atoms with E-state index in [4.69, 9.17) is 9.57 Å². The fourth-order valence-electron chi connectivity index (χ4n) is 2.67. The minimum atomic E-state index is 0.242. The first-order valence-corrected chi connectivity index (χ1v) is 7.45. The molecule has 0 spiro atoms. The zero-order valence-electron chi connectivity index (χ0n) is 10.3. The first-order valence-electron chi connectivity index (χ1n) is 6.66. The lowest BCUT2D eigenvalue weighted by molar-refractivity contribution is -0.0469. The van der Waals surface area contributed by atoms with Gasteiger partial charge in [0.2, 0.25) is 0 Å². The van der Waals surface area contributed by atoms with Crippen LogP contribution in [0.1, 0.15) is 43.7 Å². The summed E-state index contributed by atoms with van der Waals surface area (Å²) in [6, 6.07) is 6.39. The molecule has 1 unspecified atom stereocenters. The van der Waals surface area contributed by atoms with Crippen LogP contribution >= 0.6 is 15.9 Å². The smallest absolute Gasteiger partial charge is 0.124 e. The van der Waals surface area contributed by atoms with E-state index in [2.05, 4.69) is 27.5 Å². The van der Waals surface area contributed by atoms with E-state index in [0.29, 0.717) is 6.10 Å². The Morgan fingerprint density at radius 1 is 1.22 bits per heavy atom. The van der Waals surface area contributed by atoms with Gasteiger partial charge in [0.05, 0.1) is 18.8 Å². The van der Waals surface area contributed by atoms with Crippen LogP contribution in [0.5, 0.6) is 5.75 Å². The van der Waals surface area contributed by atoms with E-state index in [1.165, 1.54) is 31.2 Å². The monoisotopic (exact) mass is 311 g/mol. The van der Waals surface area contributed by atoms with Gasteiger partial charge in [0.15, 0.2) is 0 Å². The van der Waals surface area contributed by atoms with E-state index in [1.54, 1.807) is 0 Å². The van der Waals surface area contributed by atoms with Crippen molar-refractivity contribution in [2.45, 2.75) is 44.2 Å². The topological polar surface area (TPSA) is 30.5 Å². The summed E-state index contributed by atoms with van der Waals surface area (Å²) in [5.41, 5.74) is 4.43. The minimum absolute atomic E-state index is 0.242. The Kier molecular flexibility index (Phi) is 3.87. The maximum absolute atomic E-state index is 5.82. The molecule has 1 aliphatic heterocycles. The van der Waals surface area contributed by atoms with E-state index in [9.17, 15) is 0 Å². The van der Waals surface area contributed by atoms with Crippen molar-refractivity contribution in [2.24, 2.45) is 0 Å². The van der Waals surface area contributed by atoms with Crippen molar-refractivity contribution in [3.05, 3.63) is 28.2 Å². The molecule has 1 aromatic rings. The minimum Gasteiger partial charge on any atom is -0.493 e. The lowest BCUT2D eigenvalue weighted by Gasteiger charge is -2.27. The predicted molar refractivity (Wildman–Crippen MR) is 73.5 cm³/mol. The van der Waals surface area contributed by atoms with Crippen LogP contribution in [-0.4, -0.2) is 12.7 Å². The third kappa shape index (κ3) is 2.71. The van der Waals surface area contributed by atoms with Crippen LogP contribution in [-0.2, 0) is 4.84 Å². The highest BCUT2D eigenvalue weighted by molar-refractivity contribution is 9.10. The molecule has 18 heavy (non-hydrogen) atoms. The third-order valence-corrected chi connectivity index (χ3v) is 4.18. The number of ether oxygens (including phenoxy) is 1. The Bertz CT molecular complexity index is 418. The summed E-state index contributed by atoms with van der Waals surface area (Å²) in [5, 5.41) is 0. The van der Waals surface area contributed by atoms with Crippen molar-refractivity contribution in [3.8, 4) is 5.75 Å². The normalized spacial score (nSPS) is 23.7. The maximum atomic E-state index is 5.82. The molecular formula is C14H18BrNO2. The molecule has 1 atom stereocenters. The first-order chi connectivity index (χ1) is 8.83. The van der Waals surface area contributed by atoms with Crippen LogP contribution in [0.15, 0.2) is 22.7 Å². The summed E-state index contributed by atoms with van der Waals surface area (Å²) in [5.74, 6) is 0.969. The highest BCUT2D eigenvalue weighted by Gasteiger charge is 2.24. The molecule has 98 valence electrons. The Balaban J connectivity index is 1.68. The van der Waals surface area contributed by atoms with Crippen LogP contribution in [0.4, 0.5) is 0 Å². The van der Waals surface area contributed by atoms with Gasteiger partial charge in [-0.1, -0.05) is 28.8 Å². The van der Waals surface area contributed by atoms with Gasteiger partial charge in [0.1, 0.15) is 5.75 Å². The summed E-state index contributed by atoms with van der Waals surface area (Å²) in [4.78, 5) is 5.82. The van der Waals surface area contributed by atoms with Crippen molar-refractivity contribution in [3.63, 3.8) is 0 Å². The number of hydrogen-bond donors (Lipinski definition) is 1. The standard InChI is InChI=1S/C14H18BrNO2/c15-10-5-6-14-12(9-10)13(7-8-17-14)16-18-11-3-1-2-4-11/h5-6,9,11,13,16H,1-4,7-8H2.